The molecular formula is C16H16ClN3. The van der Waals surface area contributed by atoms with Gasteiger partial charge in [0.15, 0.2) is 0 Å². The standard InChI is InChI=1S/C16H16ClN3/c17-15-7-11(16(18)19)5-6-14(15)10-20-8-12-3-1-2-4-13(12)9-20/h1-7H,8-10H2,(H3,18,19). The second kappa shape index (κ2) is 5.27. The topological polar surface area (TPSA) is 53.1 Å². The summed E-state index contributed by atoms with van der Waals surface area (Å²) >= 11 is 6.28. The third-order valence-electron chi connectivity index (χ3n) is 3.66. The van der Waals surface area contributed by atoms with Gasteiger partial charge in [0.25, 0.3) is 0 Å². The van der Waals surface area contributed by atoms with Crippen LogP contribution in [0.25, 0.3) is 0 Å². The van der Waals surface area contributed by atoms with E-state index in [1.165, 1.54) is 11.1 Å². The molecule has 0 saturated carbocycles. The van der Waals surface area contributed by atoms with Gasteiger partial charge in [-0.2, -0.15) is 0 Å². The SMILES string of the molecule is N=C(N)c1ccc(CN2Cc3ccccc3C2)c(Cl)c1. The lowest BCUT2D eigenvalue weighted by Crippen LogP contribution is -2.16. The van der Waals surface area contributed by atoms with Gasteiger partial charge in [0.2, 0.25) is 0 Å². The van der Waals surface area contributed by atoms with E-state index < -0.39 is 0 Å². The van der Waals surface area contributed by atoms with Gasteiger partial charge in [-0.1, -0.05) is 48.0 Å². The zero-order valence-electron chi connectivity index (χ0n) is 11.1. The first-order valence-corrected chi connectivity index (χ1v) is 6.93. The molecule has 0 aliphatic carbocycles. The molecule has 3 nitrogen and oxygen atoms in total. The second-order valence-corrected chi connectivity index (χ2v) is 5.54. The number of nitrogens with two attached hydrogens (primary N) is 1. The van der Waals surface area contributed by atoms with E-state index in [2.05, 4.69) is 29.2 Å². The summed E-state index contributed by atoms with van der Waals surface area (Å²) in [5, 5.41) is 8.10. The van der Waals surface area contributed by atoms with Crippen molar-refractivity contribution in [2.45, 2.75) is 19.6 Å². The number of hydrogen-bond acceptors (Lipinski definition) is 2. The number of nitrogen functional groups attached to an aromatic ring is 1. The van der Waals surface area contributed by atoms with Gasteiger partial charge in [-0.15, -0.1) is 0 Å². The Morgan fingerprint density at radius 2 is 1.80 bits per heavy atom. The number of benzene rings is 2. The molecule has 0 amide bonds. The highest BCUT2D eigenvalue weighted by Gasteiger charge is 2.19. The van der Waals surface area contributed by atoms with Crippen LogP contribution in [-0.2, 0) is 19.6 Å². The van der Waals surface area contributed by atoms with E-state index in [0.717, 1.165) is 25.2 Å². The van der Waals surface area contributed by atoms with Crippen LogP contribution in [-0.4, -0.2) is 10.7 Å². The highest BCUT2D eigenvalue weighted by molar-refractivity contribution is 6.31. The Kier molecular flexibility index (Phi) is 3.47. The predicted molar refractivity (Wildman–Crippen MR) is 81.9 cm³/mol. The Morgan fingerprint density at radius 3 is 2.35 bits per heavy atom. The fourth-order valence-corrected chi connectivity index (χ4v) is 2.84. The number of nitrogens with one attached hydrogen (secondary N) is 1. The normalized spacial score (nSPS) is 14.2. The summed E-state index contributed by atoms with van der Waals surface area (Å²) < 4.78 is 0. The van der Waals surface area contributed by atoms with Crippen LogP contribution in [0.15, 0.2) is 42.5 Å². The molecule has 0 spiro atoms. The van der Waals surface area contributed by atoms with E-state index in [9.17, 15) is 0 Å². The fraction of sp³-hybridized carbons (Fsp3) is 0.188. The Bertz CT molecular complexity index is 642. The van der Waals surface area contributed by atoms with Gasteiger partial charge >= 0.3 is 0 Å². The molecule has 2 aromatic rings. The zero-order chi connectivity index (χ0) is 14.1. The predicted octanol–water partition coefficient (Wildman–Crippen LogP) is 3.14. The lowest BCUT2D eigenvalue weighted by Gasteiger charge is -2.16. The average Bonchev–Trinajstić information content (AvgIpc) is 2.83. The molecule has 1 heterocycles. The Balaban J connectivity index is 1.75. The van der Waals surface area contributed by atoms with E-state index in [1.807, 2.05) is 12.1 Å². The van der Waals surface area contributed by atoms with Crippen LogP contribution < -0.4 is 5.73 Å². The summed E-state index contributed by atoms with van der Waals surface area (Å²) in [6, 6.07) is 14.1. The highest BCUT2D eigenvalue weighted by Crippen LogP contribution is 2.26. The molecule has 0 bridgehead atoms. The van der Waals surface area contributed by atoms with Crippen LogP contribution in [0.1, 0.15) is 22.3 Å². The molecule has 4 heteroatoms. The molecule has 0 radical (unpaired) electrons. The number of amidine groups is 1. The lowest BCUT2D eigenvalue weighted by molar-refractivity contribution is 0.275. The van der Waals surface area contributed by atoms with Crippen molar-refractivity contribution in [1.82, 2.24) is 4.90 Å². The van der Waals surface area contributed by atoms with E-state index in [-0.39, 0.29) is 5.84 Å². The van der Waals surface area contributed by atoms with Crippen molar-refractivity contribution in [1.29, 1.82) is 5.41 Å². The molecule has 20 heavy (non-hydrogen) atoms. The van der Waals surface area contributed by atoms with Crippen molar-refractivity contribution in [3.05, 3.63) is 69.7 Å². The van der Waals surface area contributed by atoms with Crippen molar-refractivity contribution in [3.63, 3.8) is 0 Å². The molecule has 0 saturated heterocycles. The van der Waals surface area contributed by atoms with Gasteiger partial charge in [-0.05, 0) is 22.8 Å². The van der Waals surface area contributed by atoms with E-state index in [1.54, 1.807) is 6.07 Å². The Labute approximate surface area is 123 Å². The zero-order valence-corrected chi connectivity index (χ0v) is 11.8. The summed E-state index contributed by atoms with van der Waals surface area (Å²) in [7, 11) is 0. The van der Waals surface area contributed by atoms with Crippen LogP contribution in [0.2, 0.25) is 5.02 Å². The number of nitrogens with zero attached hydrogens (tertiary/aromatic N) is 1. The summed E-state index contributed by atoms with van der Waals surface area (Å²) in [6.45, 7) is 2.73. The van der Waals surface area contributed by atoms with Crippen LogP contribution in [0, 0.1) is 5.41 Å². The summed E-state index contributed by atoms with van der Waals surface area (Å²) in [6.07, 6.45) is 0. The molecule has 1 aliphatic rings. The molecular weight excluding hydrogens is 270 g/mol. The molecule has 3 rings (SSSR count). The first-order valence-electron chi connectivity index (χ1n) is 6.55. The van der Waals surface area contributed by atoms with Crippen molar-refractivity contribution < 1.29 is 0 Å². The smallest absolute Gasteiger partial charge is 0.122 e. The van der Waals surface area contributed by atoms with Gasteiger partial charge in [0.05, 0.1) is 0 Å². The Morgan fingerprint density at radius 1 is 1.15 bits per heavy atom. The van der Waals surface area contributed by atoms with Gasteiger partial charge in [0.1, 0.15) is 5.84 Å². The highest BCUT2D eigenvalue weighted by atomic mass is 35.5. The average molecular weight is 286 g/mol. The van der Waals surface area contributed by atoms with Gasteiger partial charge < -0.3 is 5.73 Å². The van der Waals surface area contributed by atoms with Crippen LogP contribution >= 0.6 is 11.6 Å². The maximum absolute atomic E-state index is 7.42. The molecule has 0 aromatic heterocycles. The summed E-state index contributed by atoms with van der Waals surface area (Å²) in [5.74, 6) is 0.0482. The summed E-state index contributed by atoms with van der Waals surface area (Å²) in [4.78, 5) is 2.36. The lowest BCUT2D eigenvalue weighted by atomic mass is 10.1. The van der Waals surface area contributed by atoms with Gasteiger partial charge in [-0.3, -0.25) is 10.3 Å². The van der Waals surface area contributed by atoms with Crippen LogP contribution in [0.4, 0.5) is 0 Å². The van der Waals surface area contributed by atoms with Crippen molar-refractivity contribution in [2.24, 2.45) is 5.73 Å². The van der Waals surface area contributed by atoms with E-state index in [0.29, 0.717) is 10.6 Å². The quantitative estimate of drug-likeness (QED) is 0.672. The molecule has 0 fully saturated rings. The third-order valence-corrected chi connectivity index (χ3v) is 4.02. The van der Waals surface area contributed by atoms with Gasteiger partial charge in [0, 0.05) is 30.2 Å². The first kappa shape index (κ1) is 13.2. The van der Waals surface area contributed by atoms with E-state index in [4.69, 9.17) is 22.7 Å². The second-order valence-electron chi connectivity index (χ2n) is 5.13. The monoisotopic (exact) mass is 285 g/mol. The molecule has 2 aromatic carbocycles. The maximum atomic E-state index is 7.42. The third kappa shape index (κ3) is 2.55. The van der Waals surface area contributed by atoms with Crippen molar-refractivity contribution >= 4 is 17.4 Å². The van der Waals surface area contributed by atoms with Crippen molar-refractivity contribution in [2.75, 3.05) is 0 Å². The number of halogens is 1. The molecule has 3 N–H and O–H groups in total. The number of rotatable bonds is 3. The minimum absolute atomic E-state index is 0.0482. The fourth-order valence-electron chi connectivity index (χ4n) is 2.60. The number of fused-ring (bicyclic) bond motifs is 1. The van der Waals surface area contributed by atoms with Crippen LogP contribution in [0.3, 0.4) is 0 Å². The largest absolute Gasteiger partial charge is 0.384 e. The minimum Gasteiger partial charge on any atom is -0.384 e. The molecule has 0 atom stereocenters. The molecule has 0 unspecified atom stereocenters. The van der Waals surface area contributed by atoms with Gasteiger partial charge in [-0.25, -0.2) is 0 Å². The number of hydrogen-bond donors (Lipinski definition) is 2. The minimum atomic E-state index is 0.0482. The summed E-state index contributed by atoms with van der Waals surface area (Å²) in [5.41, 5.74) is 10.00. The first-order chi connectivity index (χ1) is 9.63. The van der Waals surface area contributed by atoms with Crippen LogP contribution in [0.5, 0.6) is 0 Å². The Hall–Kier alpha value is -1.84. The molecule has 1 aliphatic heterocycles. The molecule has 102 valence electrons. The van der Waals surface area contributed by atoms with E-state index >= 15 is 0 Å². The maximum Gasteiger partial charge on any atom is 0.122 e. The van der Waals surface area contributed by atoms with Crippen molar-refractivity contribution in [3.8, 4) is 0 Å².